The molecule has 6 heteroatoms. The van der Waals surface area contributed by atoms with Crippen LogP contribution in [0, 0.1) is 0 Å². The van der Waals surface area contributed by atoms with E-state index in [0.717, 1.165) is 12.2 Å². The Morgan fingerprint density at radius 1 is 1.47 bits per heavy atom. The van der Waals surface area contributed by atoms with E-state index in [4.69, 9.17) is 14.9 Å². The van der Waals surface area contributed by atoms with Crippen molar-refractivity contribution in [2.24, 2.45) is 0 Å². The van der Waals surface area contributed by atoms with Crippen LogP contribution in [0.4, 0.5) is 0 Å². The molecule has 1 fully saturated rings. The van der Waals surface area contributed by atoms with E-state index < -0.39 is 17.7 Å². The minimum absolute atomic E-state index is 0.171. The number of nitrogens with zero attached hydrogens (tertiary/aromatic N) is 1. The summed E-state index contributed by atoms with van der Waals surface area (Å²) in [5.41, 5.74) is -0.543. The average Bonchev–Trinajstić information content (AvgIpc) is 2.23. The van der Waals surface area contributed by atoms with Crippen molar-refractivity contribution < 1.29 is 24.5 Å². The molecule has 1 rings (SSSR count). The lowest BCUT2D eigenvalue weighted by Crippen LogP contribution is -2.55. The maximum absolute atomic E-state index is 11.7. The van der Waals surface area contributed by atoms with E-state index in [1.165, 1.54) is 4.90 Å². The number of aliphatic carboxylic acids is 1. The normalized spacial score (nSPS) is 23.9. The van der Waals surface area contributed by atoms with E-state index in [1.807, 2.05) is 13.8 Å². The highest BCUT2D eigenvalue weighted by Crippen LogP contribution is 2.20. The Morgan fingerprint density at radius 2 is 2.12 bits per heavy atom. The van der Waals surface area contributed by atoms with Gasteiger partial charge in [-0.05, 0) is 13.8 Å². The fourth-order valence-corrected chi connectivity index (χ4v) is 1.81. The molecule has 96 valence electrons. The van der Waals surface area contributed by atoms with Crippen molar-refractivity contribution in [1.29, 1.82) is 0 Å². The largest absolute Gasteiger partial charge is 0.478 e. The van der Waals surface area contributed by atoms with Crippen molar-refractivity contribution >= 4 is 11.9 Å². The van der Waals surface area contributed by atoms with Gasteiger partial charge in [-0.25, -0.2) is 4.79 Å². The second kappa shape index (κ2) is 5.29. The molecule has 1 unspecified atom stereocenters. The van der Waals surface area contributed by atoms with Gasteiger partial charge in [0.2, 0.25) is 5.91 Å². The van der Waals surface area contributed by atoms with Gasteiger partial charge in [0.15, 0.2) is 0 Å². The third kappa shape index (κ3) is 4.16. The lowest BCUT2D eigenvalue weighted by molar-refractivity contribution is -0.163. The van der Waals surface area contributed by atoms with Crippen LogP contribution >= 0.6 is 0 Å². The van der Waals surface area contributed by atoms with Gasteiger partial charge in [0.05, 0.1) is 18.3 Å². The Balaban J connectivity index is 2.70. The van der Waals surface area contributed by atoms with Gasteiger partial charge in [-0.15, -0.1) is 0 Å². The monoisotopic (exact) mass is 243 g/mol. The first kappa shape index (κ1) is 13.7. The molecule has 0 bridgehead atoms. The predicted molar refractivity (Wildman–Crippen MR) is 59.4 cm³/mol. The molecule has 6 nitrogen and oxygen atoms in total. The van der Waals surface area contributed by atoms with Gasteiger partial charge in [-0.3, -0.25) is 4.79 Å². The molecular formula is C11H17NO5. The van der Waals surface area contributed by atoms with E-state index in [9.17, 15) is 9.59 Å². The van der Waals surface area contributed by atoms with E-state index in [-0.39, 0.29) is 19.1 Å². The minimum Gasteiger partial charge on any atom is -0.478 e. The van der Waals surface area contributed by atoms with Crippen molar-refractivity contribution in [2.75, 3.05) is 19.7 Å². The first-order chi connectivity index (χ1) is 7.84. The Kier molecular flexibility index (Phi) is 4.25. The SMILES string of the molecule is CC1(C)CN(C(=O)/C=C/C(=O)O)CC(CO)O1. The first-order valence-corrected chi connectivity index (χ1v) is 5.32. The van der Waals surface area contributed by atoms with Gasteiger partial charge in [0.25, 0.3) is 0 Å². The van der Waals surface area contributed by atoms with Crippen molar-refractivity contribution in [3.8, 4) is 0 Å². The summed E-state index contributed by atoms with van der Waals surface area (Å²) in [6, 6.07) is 0. The zero-order valence-electron chi connectivity index (χ0n) is 9.92. The second-order valence-corrected chi connectivity index (χ2v) is 4.57. The van der Waals surface area contributed by atoms with Gasteiger partial charge in [0, 0.05) is 25.2 Å². The molecule has 0 aromatic heterocycles. The third-order valence-electron chi connectivity index (χ3n) is 2.37. The number of carbonyl (C=O) groups is 2. The Morgan fingerprint density at radius 3 is 2.65 bits per heavy atom. The molecule has 1 amide bonds. The molecule has 0 saturated carbocycles. The number of carboxylic acids is 1. The maximum Gasteiger partial charge on any atom is 0.328 e. The summed E-state index contributed by atoms with van der Waals surface area (Å²) in [4.78, 5) is 23.5. The molecule has 0 aromatic rings. The molecule has 0 aliphatic carbocycles. The van der Waals surface area contributed by atoms with Gasteiger partial charge in [0.1, 0.15) is 0 Å². The number of rotatable bonds is 3. The molecule has 0 spiro atoms. The smallest absolute Gasteiger partial charge is 0.328 e. The van der Waals surface area contributed by atoms with Crippen LogP contribution in [0.15, 0.2) is 12.2 Å². The van der Waals surface area contributed by atoms with E-state index in [1.54, 1.807) is 0 Å². The van der Waals surface area contributed by atoms with Crippen LogP contribution in [0.5, 0.6) is 0 Å². The zero-order chi connectivity index (χ0) is 13.1. The molecule has 0 aromatic carbocycles. The lowest BCUT2D eigenvalue weighted by Gasteiger charge is -2.41. The highest BCUT2D eigenvalue weighted by Gasteiger charge is 2.34. The fraction of sp³-hybridized carbons (Fsp3) is 0.636. The molecular weight excluding hydrogens is 226 g/mol. The number of aliphatic hydroxyl groups excluding tert-OH is 1. The van der Waals surface area contributed by atoms with Crippen LogP contribution in [0.2, 0.25) is 0 Å². The van der Waals surface area contributed by atoms with Crippen LogP contribution in [0.3, 0.4) is 0 Å². The number of morpholine rings is 1. The van der Waals surface area contributed by atoms with Crippen molar-refractivity contribution in [3.05, 3.63) is 12.2 Å². The quantitative estimate of drug-likeness (QED) is 0.660. The zero-order valence-corrected chi connectivity index (χ0v) is 9.92. The van der Waals surface area contributed by atoms with Gasteiger partial charge in [-0.1, -0.05) is 0 Å². The topological polar surface area (TPSA) is 87.1 Å². The molecule has 0 radical (unpaired) electrons. The van der Waals surface area contributed by atoms with Crippen molar-refractivity contribution in [3.63, 3.8) is 0 Å². The van der Waals surface area contributed by atoms with Gasteiger partial charge < -0.3 is 19.8 Å². The Bertz CT molecular complexity index is 337. The van der Waals surface area contributed by atoms with E-state index in [0.29, 0.717) is 6.54 Å². The van der Waals surface area contributed by atoms with Crippen LogP contribution in [0.25, 0.3) is 0 Å². The molecule has 1 saturated heterocycles. The highest BCUT2D eigenvalue weighted by atomic mass is 16.5. The van der Waals surface area contributed by atoms with E-state index >= 15 is 0 Å². The number of aliphatic hydroxyl groups is 1. The third-order valence-corrected chi connectivity index (χ3v) is 2.37. The number of carboxylic acid groups (broad SMARTS) is 1. The number of hydrogen-bond acceptors (Lipinski definition) is 4. The second-order valence-electron chi connectivity index (χ2n) is 4.57. The molecule has 1 heterocycles. The fourth-order valence-electron chi connectivity index (χ4n) is 1.81. The number of amides is 1. The van der Waals surface area contributed by atoms with E-state index in [2.05, 4.69) is 0 Å². The van der Waals surface area contributed by atoms with Gasteiger partial charge in [-0.2, -0.15) is 0 Å². The maximum atomic E-state index is 11.7. The summed E-state index contributed by atoms with van der Waals surface area (Å²) in [6.45, 7) is 4.09. The summed E-state index contributed by atoms with van der Waals surface area (Å²) < 4.78 is 5.54. The molecule has 1 aliphatic heterocycles. The Labute approximate surface area is 99.5 Å². The lowest BCUT2D eigenvalue weighted by atomic mass is 10.1. The first-order valence-electron chi connectivity index (χ1n) is 5.32. The summed E-state index contributed by atoms with van der Waals surface area (Å²) in [7, 11) is 0. The summed E-state index contributed by atoms with van der Waals surface area (Å²) in [5, 5.41) is 17.5. The van der Waals surface area contributed by atoms with Crippen LogP contribution in [-0.4, -0.2) is 58.4 Å². The molecule has 17 heavy (non-hydrogen) atoms. The number of carbonyl (C=O) groups excluding carboxylic acids is 1. The van der Waals surface area contributed by atoms with Gasteiger partial charge >= 0.3 is 5.97 Å². The molecule has 1 aliphatic rings. The number of hydrogen-bond donors (Lipinski definition) is 2. The van der Waals surface area contributed by atoms with Crippen LogP contribution in [-0.2, 0) is 14.3 Å². The predicted octanol–water partition coefficient (Wildman–Crippen LogP) is -0.374. The summed E-state index contributed by atoms with van der Waals surface area (Å²) in [5.74, 6) is -1.55. The van der Waals surface area contributed by atoms with Crippen molar-refractivity contribution in [2.45, 2.75) is 25.6 Å². The average molecular weight is 243 g/mol. The summed E-state index contributed by atoms with van der Waals surface area (Å²) in [6.07, 6.45) is 1.39. The highest BCUT2D eigenvalue weighted by molar-refractivity contribution is 5.94. The number of ether oxygens (including phenoxy) is 1. The van der Waals surface area contributed by atoms with Crippen LogP contribution in [0.1, 0.15) is 13.8 Å². The Hall–Kier alpha value is -1.40. The summed E-state index contributed by atoms with van der Waals surface area (Å²) >= 11 is 0. The van der Waals surface area contributed by atoms with Crippen molar-refractivity contribution in [1.82, 2.24) is 4.90 Å². The molecule has 2 N–H and O–H groups in total. The molecule has 1 atom stereocenters. The minimum atomic E-state index is -1.16. The standard InChI is InChI=1S/C11H17NO5/c1-11(2)7-12(5-8(6-13)17-11)9(14)3-4-10(15)16/h3-4,8,13H,5-7H2,1-2H3,(H,15,16)/b4-3+. The van der Waals surface area contributed by atoms with Crippen LogP contribution < -0.4 is 0 Å².